The third-order valence-electron chi connectivity index (χ3n) is 2.96. The lowest BCUT2D eigenvalue weighted by Crippen LogP contribution is -2.36. The molecule has 0 bridgehead atoms. The molecule has 20 heavy (non-hydrogen) atoms. The topological polar surface area (TPSA) is 98.5 Å². The summed E-state index contributed by atoms with van der Waals surface area (Å²) < 4.78 is 2.30. The third kappa shape index (κ3) is 1.73. The van der Waals surface area contributed by atoms with Crippen molar-refractivity contribution in [3.63, 3.8) is 0 Å². The Hall–Kier alpha value is -2.48. The zero-order valence-corrected chi connectivity index (χ0v) is 11.3. The maximum atomic E-state index is 12.0. The molecular formula is C11H9ClN6O2. The lowest BCUT2D eigenvalue weighted by Gasteiger charge is -2.00. The number of H-pyrrole nitrogens is 1. The SMILES string of the molecule is Cn1c(=O)c2[nH]c(-c3cnc(Cl)cn3)nc2n(C)c1=O. The molecule has 3 aromatic heterocycles. The van der Waals surface area contributed by atoms with Crippen molar-refractivity contribution in [2.45, 2.75) is 0 Å². The standard InChI is InChI=1S/C11H9ClN6O2/c1-17-9-7(10(19)18(2)11(17)20)15-8(16-9)5-3-14-6(12)4-13-5/h3-4H,1-2H3,(H,15,16). The fourth-order valence-corrected chi connectivity index (χ4v) is 1.98. The van der Waals surface area contributed by atoms with E-state index in [4.69, 9.17) is 11.6 Å². The lowest BCUT2D eigenvalue weighted by atomic mass is 10.4. The molecule has 3 heterocycles. The first kappa shape index (κ1) is 12.5. The molecule has 3 aromatic rings. The molecule has 102 valence electrons. The zero-order valence-electron chi connectivity index (χ0n) is 10.6. The first-order valence-corrected chi connectivity index (χ1v) is 6.00. The molecule has 0 aliphatic carbocycles. The van der Waals surface area contributed by atoms with Gasteiger partial charge in [0, 0.05) is 14.1 Å². The second-order valence-electron chi connectivity index (χ2n) is 4.21. The van der Waals surface area contributed by atoms with E-state index < -0.39 is 11.2 Å². The van der Waals surface area contributed by atoms with Crippen LogP contribution in [-0.2, 0) is 14.1 Å². The van der Waals surface area contributed by atoms with E-state index in [-0.39, 0.29) is 16.3 Å². The summed E-state index contributed by atoms with van der Waals surface area (Å²) in [5.74, 6) is 0.350. The summed E-state index contributed by atoms with van der Waals surface area (Å²) in [6, 6.07) is 0. The maximum Gasteiger partial charge on any atom is 0.332 e. The van der Waals surface area contributed by atoms with Gasteiger partial charge in [-0.2, -0.15) is 0 Å². The summed E-state index contributed by atoms with van der Waals surface area (Å²) in [5.41, 5.74) is 0.0535. The number of aromatic nitrogens is 6. The molecule has 3 rings (SSSR count). The molecule has 9 heteroatoms. The van der Waals surface area contributed by atoms with E-state index in [9.17, 15) is 9.59 Å². The smallest absolute Gasteiger partial charge is 0.331 e. The van der Waals surface area contributed by atoms with Crippen LogP contribution in [0.2, 0.25) is 5.15 Å². The van der Waals surface area contributed by atoms with Crippen LogP contribution in [-0.4, -0.2) is 29.1 Å². The Balaban J connectivity index is 2.34. The van der Waals surface area contributed by atoms with Gasteiger partial charge in [0.2, 0.25) is 0 Å². The number of hydrogen-bond acceptors (Lipinski definition) is 5. The summed E-state index contributed by atoms with van der Waals surface area (Å²) in [6.45, 7) is 0. The third-order valence-corrected chi connectivity index (χ3v) is 3.15. The number of nitrogens with one attached hydrogen (secondary N) is 1. The molecule has 0 aliphatic heterocycles. The van der Waals surface area contributed by atoms with Gasteiger partial charge >= 0.3 is 5.69 Å². The van der Waals surface area contributed by atoms with Gasteiger partial charge in [0.1, 0.15) is 16.4 Å². The normalized spacial score (nSPS) is 11.2. The number of aromatic amines is 1. The zero-order chi connectivity index (χ0) is 14.4. The van der Waals surface area contributed by atoms with Crippen LogP contribution in [0.3, 0.4) is 0 Å². The van der Waals surface area contributed by atoms with E-state index in [1.807, 2.05) is 0 Å². The fourth-order valence-electron chi connectivity index (χ4n) is 1.88. The molecule has 0 radical (unpaired) electrons. The molecule has 0 saturated carbocycles. The van der Waals surface area contributed by atoms with Crippen molar-refractivity contribution < 1.29 is 0 Å². The minimum atomic E-state index is -0.442. The number of nitrogens with zero attached hydrogens (tertiary/aromatic N) is 5. The minimum Gasteiger partial charge on any atom is -0.331 e. The van der Waals surface area contributed by atoms with Gasteiger partial charge in [-0.15, -0.1) is 0 Å². The number of halogens is 1. The molecule has 0 atom stereocenters. The van der Waals surface area contributed by atoms with Gasteiger partial charge in [-0.3, -0.25) is 13.9 Å². The molecule has 0 aromatic carbocycles. The van der Waals surface area contributed by atoms with E-state index in [0.717, 1.165) is 4.57 Å². The summed E-state index contributed by atoms with van der Waals surface area (Å²) in [4.78, 5) is 38.9. The highest BCUT2D eigenvalue weighted by Crippen LogP contribution is 2.15. The van der Waals surface area contributed by atoms with Gasteiger partial charge in [-0.25, -0.2) is 19.7 Å². The van der Waals surface area contributed by atoms with Crippen LogP contribution in [0.4, 0.5) is 0 Å². The van der Waals surface area contributed by atoms with Crippen molar-refractivity contribution in [1.82, 2.24) is 29.1 Å². The van der Waals surface area contributed by atoms with Gasteiger partial charge < -0.3 is 4.98 Å². The Morgan fingerprint density at radius 1 is 1.15 bits per heavy atom. The van der Waals surface area contributed by atoms with Gasteiger partial charge in [-0.1, -0.05) is 11.6 Å². The molecule has 0 aliphatic rings. The highest BCUT2D eigenvalue weighted by molar-refractivity contribution is 6.29. The number of rotatable bonds is 1. The molecule has 0 amide bonds. The monoisotopic (exact) mass is 292 g/mol. The highest BCUT2D eigenvalue weighted by Gasteiger charge is 2.14. The van der Waals surface area contributed by atoms with Gasteiger partial charge in [0.25, 0.3) is 5.56 Å². The van der Waals surface area contributed by atoms with Crippen LogP contribution in [0.5, 0.6) is 0 Å². The molecule has 1 N–H and O–H groups in total. The first-order valence-electron chi connectivity index (χ1n) is 5.62. The van der Waals surface area contributed by atoms with Crippen LogP contribution in [0.1, 0.15) is 0 Å². The quantitative estimate of drug-likeness (QED) is 0.684. The Labute approximate surface area is 116 Å². The Morgan fingerprint density at radius 3 is 2.55 bits per heavy atom. The van der Waals surface area contributed by atoms with E-state index >= 15 is 0 Å². The molecule has 0 unspecified atom stereocenters. The van der Waals surface area contributed by atoms with Gasteiger partial charge in [-0.05, 0) is 0 Å². The van der Waals surface area contributed by atoms with Crippen LogP contribution < -0.4 is 11.2 Å². The van der Waals surface area contributed by atoms with E-state index in [1.165, 1.54) is 24.0 Å². The molecule has 0 fully saturated rings. The fraction of sp³-hybridized carbons (Fsp3) is 0.182. The van der Waals surface area contributed by atoms with Crippen molar-refractivity contribution in [3.05, 3.63) is 38.4 Å². The Kier molecular flexibility index (Phi) is 2.68. The largest absolute Gasteiger partial charge is 0.332 e. The van der Waals surface area contributed by atoms with E-state index in [0.29, 0.717) is 11.5 Å². The number of fused-ring (bicyclic) bond motifs is 1. The minimum absolute atomic E-state index is 0.237. The first-order chi connectivity index (χ1) is 9.49. The van der Waals surface area contributed by atoms with Crippen LogP contribution in [0, 0.1) is 0 Å². The predicted octanol–water partition coefficient (Wildman–Crippen LogP) is 0.0707. The Morgan fingerprint density at radius 2 is 1.90 bits per heavy atom. The second kappa shape index (κ2) is 4.27. The van der Waals surface area contributed by atoms with Crippen molar-refractivity contribution in [2.75, 3.05) is 0 Å². The number of hydrogen-bond donors (Lipinski definition) is 1. The number of aryl methyl sites for hydroxylation is 1. The van der Waals surface area contributed by atoms with Crippen molar-refractivity contribution >= 4 is 22.8 Å². The summed E-state index contributed by atoms with van der Waals surface area (Å²) in [7, 11) is 2.95. The van der Waals surface area contributed by atoms with Gasteiger partial charge in [0.05, 0.1) is 12.4 Å². The van der Waals surface area contributed by atoms with Crippen molar-refractivity contribution in [3.8, 4) is 11.5 Å². The van der Waals surface area contributed by atoms with E-state index in [1.54, 1.807) is 7.05 Å². The van der Waals surface area contributed by atoms with Gasteiger partial charge in [0.15, 0.2) is 11.5 Å². The van der Waals surface area contributed by atoms with Crippen molar-refractivity contribution in [1.29, 1.82) is 0 Å². The average Bonchev–Trinajstić information content (AvgIpc) is 2.89. The molecular weight excluding hydrogens is 284 g/mol. The Bertz CT molecular complexity index is 921. The van der Waals surface area contributed by atoms with Crippen LogP contribution in [0.15, 0.2) is 22.0 Å². The van der Waals surface area contributed by atoms with Crippen molar-refractivity contribution in [2.24, 2.45) is 14.1 Å². The summed E-state index contributed by atoms with van der Waals surface area (Å²) in [5, 5.41) is 0.258. The number of imidazole rings is 1. The second-order valence-corrected chi connectivity index (χ2v) is 4.60. The molecule has 0 spiro atoms. The molecule has 0 saturated heterocycles. The predicted molar refractivity (Wildman–Crippen MR) is 72.6 cm³/mol. The maximum absolute atomic E-state index is 12.0. The molecule has 8 nitrogen and oxygen atoms in total. The summed E-state index contributed by atoms with van der Waals surface area (Å²) >= 11 is 5.67. The average molecular weight is 293 g/mol. The summed E-state index contributed by atoms with van der Waals surface area (Å²) in [6.07, 6.45) is 2.81. The van der Waals surface area contributed by atoms with Crippen LogP contribution >= 0.6 is 11.6 Å². The lowest BCUT2D eigenvalue weighted by molar-refractivity contribution is 0.709. The van der Waals surface area contributed by atoms with E-state index in [2.05, 4.69) is 19.9 Å². The highest BCUT2D eigenvalue weighted by atomic mass is 35.5. The van der Waals surface area contributed by atoms with Crippen LogP contribution in [0.25, 0.3) is 22.7 Å².